The third-order valence-electron chi connectivity index (χ3n) is 3.23. The van der Waals surface area contributed by atoms with Crippen LogP contribution in [0.15, 0.2) is 53.7 Å². The molecule has 2 aromatic rings. The Hall–Kier alpha value is -1.52. The highest BCUT2D eigenvalue weighted by Gasteiger charge is 2.11. The van der Waals surface area contributed by atoms with Gasteiger partial charge in [0, 0.05) is 29.1 Å². The second kappa shape index (κ2) is 8.70. The molecule has 3 nitrogen and oxygen atoms in total. The Labute approximate surface area is 131 Å². The quantitative estimate of drug-likeness (QED) is 0.749. The van der Waals surface area contributed by atoms with Crippen molar-refractivity contribution >= 4 is 11.8 Å². The van der Waals surface area contributed by atoms with Crippen LogP contribution in [0, 0.1) is 0 Å². The zero-order valence-corrected chi connectivity index (χ0v) is 13.4. The molecule has 0 radical (unpaired) electrons. The zero-order valence-electron chi connectivity index (χ0n) is 12.6. The topological polar surface area (TPSA) is 34.2 Å². The van der Waals surface area contributed by atoms with Crippen molar-refractivity contribution in [2.75, 3.05) is 19.4 Å². The van der Waals surface area contributed by atoms with Crippen LogP contribution in [0.2, 0.25) is 0 Å². The maximum Gasteiger partial charge on any atom is 0.118 e. The molecule has 2 rings (SSSR count). The lowest BCUT2D eigenvalue weighted by Gasteiger charge is -2.19. The lowest BCUT2D eigenvalue weighted by atomic mass is 10.1. The summed E-state index contributed by atoms with van der Waals surface area (Å²) >= 11 is 1.85. The number of methoxy groups -OCH3 is 1. The molecule has 1 heterocycles. The molecule has 1 N–H and O–H groups in total. The van der Waals surface area contributed by atoms with E-state index in [1.54, 1.807) is 7.11 Å². The number of pyridine rings is 1. The summed E-state index contributed by atoms with van der Waals surface area (Å²) in [6.45, 7) is 3.21. The maximum atomic E-state index is 5.23. The second-order valence-corrected chi connectivity index (χ2v) is 5.87. The minimum absolute atomic E-state index is 0.342. The van der Waals surface area contributed by atoms with Crippen LogP contribution in [0.1, 0.15) is 24.9 Å². The molecule has 0 fully saturated rings. The van der Waals surface area contributed by atoms with Crippen molar-refractivity contribution in [3.63, 3.8) is 0 Å². The molecule has 1 aromatic heterocycles. The van der Waals surface area contributed by atoms with Gasteiger partial charge in [-0.15, -0.1) is 11.8 Å². The molecule has 1 atom stereocenters. The molecular weight excluding hydrogens is 280 g/mol. The summed E-state index contributed by atoms with van der Waals surface area (Å²) in [7, 11) is 1.70. The molecule has 0 saturated heterocycles. The van der Waals surface area contributed by atoms with Crippen LogP contribution in [0.5, 0.6) is 5.75 Å². The Morgan fingerprint density at radius 1 is 1.14 bits per heavy atom. The van der Waals surface area contributed by atoms with Gasteiger partial charge in [0.25, 0.3) is 0 Å². The number of hydrogen-bond donors (Lipinski definition) is 1. The van der Waals surface area contributed by atoms with Crippen molar-refractivity contribution in [1.29, 1.82) is 0 Å². The van der Waals surface area contributed by atoms with Crippen molar-refractivity contribution in [3.8, 4) is 5.75 Å². The fourth-order valence-electron chi connectivity index (χ4n) is 2.04. The average Bonchev–Trinajstić information content (AvgIpc) is 2.56. The van der Waals surface area contributed by atoms with E-state index in [1.807, 2.05) is 36.3 Å². The fourth-order valence-corrected chi connectivity index (χ4v) is 3.03. The number of nitrogens with one attached hydrogen (secondary N) is 1. The molecule has 1 unspecified atom stereocenters. The van der Waals surface area contributed by atoms with Gasteiger partial charge in [0.1, 0.15) is 5.75 Å². The summed E-state index contributed by atoms with van der Waals surface area (Å²) in [5.74, 6) is 1.89. The first-order valence-corrected chi connectivity index (χ1v) is 8.22. The molecule has 1 aromatic carbocycles. The van der Waals surface area contributed by atoms with E-state index in [1.165, 1.54) is 10.5 Å². The van der Waals surface area contributed by atoms with E-state index in [2.05, 4.69) is 41.5 Å². The van der Waals surface area contributed by atoms with Gasteiger partial charge in [-0.05, 0) is 42.8 Å². The van der Waals surface area contributed by atoms with Crippen LogP contribution in [0.25, 0.3) is 0 Å². The minimum Gasteiger partial charge on any atom is -0.497 e. The van der Waals surface area contributed by atoms with Gasteiger partial charge in [-0.1, -0.05) is 19.1 Å². The fraction of sp³-hybridized carbons (Fsp3) is 0.353. The Kier molecular flexibility index (Phi) is 6.57. The van der Waals surface area contributed by atoms with E-state index < -0.39 is 0 Å². The van der Waals surface area contributed by atoms with Gasteiger partial charge in [0.05, 0.1) is 7.11 Å². The highest BCUT2D eigenvalue weighted by molar-refractivity contribution is 7.99. The predicted octanol–water partition coefficient (Wildman–Crippen LogP) is 3.92. The van der Waals surface area contributed by atoms with Gasteiger partial charge in [-0.2, -0.15) is 0 Å². The summed E-state index contributed by atoms with van der Waals surface area (Å²) in [4.78, 5) is 5.31. The number of aromatic nitrogens is 1. The Balaban J connectivity index is 2.02. The number of ether oxygens (including phenoxy) is 1. The third-order valence-corrected chi connectivity index (χ3v) is 4.33. The van der Waals surface area contributed by atoms with Crippen LogP contribution in [0.3, 0.4) is 0 Å². The first kappa shape index (κ1) is 15.9. The van der Waals surface area contributed by atoms with Crippen LogP contribution >= 0.6 is 11.8 Å². The van der Waals surface area contributed by atoms with Crippen molar-refractivity contribution < 1.29 is 4.74 Å². The van der Waals surface area contributed by atoms with Crippen molar-refractivity contribution in [1.82, 2.24) is 10.3 Å². The largest absolute Gasteiger partial charge is 0.497 e. The Morgan fingerprint density at radius 2 is 1.86 bits per heavy atom. The van der Waals surface area contributed by atoms with E-state index in [0.717, 1.165) is 24.5 Å². The molecule has 0 aliphatic heterocycles. The standard InChI is InChI=1S/C17H22N2OS/c1-3-10-19-17(13-21-16-8-11-18-12-9-16)14-4-6-15(20-2)7-5-14/h4-9,11-12,17,19H,3,10,13H2,1-2H3. The molecular formula is C17H22N2OS. The van der Waals surface area contributed by atoms with E-state index in [9.17, 15) is 0 Å². The van der Waals surface area contributed by atoms with Crippen molar-refractivity contribution in [2.24, 2.45) is 0 Å². The molecule has 112 valence electrons. The summed E-state index contributed by atoms with van der Waals surface area (Å²) in [6, 6.07) is 12.8. The molecule has 0 aliphatic carbocycles. The molecule has 4 heteroatoms. The van der Waals surface area contributed by atoms with Gasteiger partial charge in [0.15, 0.2) is 0 Å². The van der Waals surface area contributed by atoms with Crippen molar-refractivity contribution in [2.45, 2.75) is 24.3 Å². The second-order valence-electron chi connectivity index (χ2n) is 4.77. The maximum absolute atomic E-state index is 5.23. The molecule has 0 aliphatic rings. The number of nitrogens with zero attached hydrogens (tertiary/aromatic N) is 1. The zero-order chi connectivity index (χ0) is 14.9. The Bertz CT molecular complexity index is 516. The van der Waals surface area contributed by atoms with Crippen molar-refractivity contribution in [3.05, 3.63) is 54.4 Å². The molecule has 0 saturated carbocycles. The number of thioether (sulfide) groups is 1. The normalized spacial score (nSPS) is 12.1. The number of hydrogen-bond acceptors (Lipinski definition) is 4. The highest BCUT2D eigenvalue weighted by Crippen LogP contribution is 2.25. The summed E-state index contributed by atoms with van der Waals surface area (Å²) in [6.07, 6.45) is 4.81. The Morgan fingerprint density at radius 3 is 2.48 bits per heavy atom. The first-order valence-electron chi connectivity index (χ1n) is 7.23. The number of benzene rings is 1. The highest BCUT2D eigenvalue weighted by atomic mass is 32.2. The third kappa shape index (κ3) is 5.06. The predicted molar refractivity (Wildman–Crippen MR) is 89.0 cm³/mol. The van der Waals surface area contributed by atoms with Gasteiger partial charge in [-0.3, -0.25) is 4.98 Å². The molecule has 0 amide bonds. The number of rotatable bonds is 8. The van der Waals surface area contributed by atoms with Gasteiger partial charge >= 0.3 is 0 Å². The van der Waals surface area contributed by atoms with Crippen LogP contribution in [0.4, 0.5) is 0 Å². The lowest BCUT2D eigenvalue weighted by molar-refractivity contribution is 0.414. The smallest absolute Gasteiger partial charge is 0.118 e. The monoisotopic (exact) mass is 302 g/mol. The first-order chi connectivity index (χ1) is 10.3. The van der Waals surface area contributed by atoms with Gasteiger partial charge in [-0.25, -0.2) is 0 Å². The summed E-state index contributed by atoms with van der Waals surface area (Å²) in [5, 5.41) is 3.62. The lowest BCUT2D eigenvalue weighted by Crippen LogP contribution is -2.24. The van der Waals surface area contributed by atoms with Crippen LogP contribution in [-0.2, 0) is 0 Å². The average molecular weight is 302 g/mol. The SMILES string of the molecule is CCCNC(CSc1ccncc1)c1ccc(OC)cc1. The molecule has 0 spiro atoms. The van der Waals surface area contributed by atoms with E-state index >= 15 is 0 Å². The summed E-state index contributed by atoms with van der Waals surface area (Å²) in [5.41, 5.74) is 1.30. The van der Waals surface area contributed by atoms with E-state index in [4.69, 9.17) is 4.74 Å². The van der Waals surface area contributed by atoms with Gasteiger partial charge < -0.3 is 10.1 Å². The summed E-state index contributed by atoms with van der Waals surface area (Å²) < 4.78 is 5.23. The van der Waals surface area contributed by atoms with E-state index in [0.29, 0.717) is 6.04 Å². The minimum atomic E-state index is 0.342. The molecule has 0 bridgehead atoms. The van der Waals surface area contributed by atoms with Crippen LogP contribution < -0.4 is 10.1 Å². The van der Waals surface area contributed by atoms with E-state index in [-0.39, 0.29) is 0 Å². The molecule has 21 heavy (non-hydrogen) atoms. The van der Waals surface area contributed by atoms with Crippen LogP contribution in [-0.4, -0.2) is 24.4 Å². The van der Waals surface area contributed by atoms with Gasteiger partial charge in [0.2, 0.25) is 0 Å².